The van der Waals surface area contributed by atoms with E-state index in [4.69, 9.17) is 0 Å². The lowest BCUT2D eigenvalue weighted by molar-refractivity contribution is 0.234. The Kier molecular flexibility index (Phi) is 4.72. The number of hydrogen-bond acceptors (Lipinski definition) is 4. The van der Waals surface area contributed by atoms with E-state index in [9.17, 15) is 17.2 Å². The van der Waals surface area contributed by atoms with E-state index in [2.05, 4.69) is 10.7 Å². The normalized spacial score (nSPS) is 11.8. The molecule has 0 aliphatic rings. The molecule has 0 saturated heterocycles. The van der Waals surface area contributed by atoms with Crippen molar-refractivity contribution in [2.45, 2.75) is 17.1 Å². The number of rotatable bonds is 6. The average molecular weight is 317 g/mol. The molecule has 0 fully saturated rings. The maximum atomic E-state index is 12.4. The molecule has 2 rings (SSSR count). The van der Waals surface area contributed by atoms with Crippen LogP contribution in [0.2, 0.25) is 0 Å². The fraction of sp³-hybridized carbons (Fsp3) is 0.231. The molecule has 0 bridgehead atoms. The van der Waals surface area contributed by atoms with Gasteiger partial charge in [-0.1, -0.05) is 0 Å². The average Bonchev–Trinajstić information content (AvgIpc) is 2.92. The molecule has 0 amide bonds. The van der Waals surface area contributed by atoms with Crippen LogP contribution in [0.15, 0.2) is 46.0 Å². The molecular formula is C13H13F2NO2S2. The second-order valence-electron chi connectivity index (χ2n) is 4.14. The van der Waals surface area contributed by atoms with E-state index in [1.54, 1.807) is 11.3 Å². The molecule has 0 saturated carbocycles. The summed E-state index contributed by atoms with van der Waals surface area (Å²) in [5, 5.41) is 7.17. The third kappa shape index (κ3) is 3.55. The van der Waals surface area contributed by atoms with Crippen molar-refractivity contribution in [1.82, 2.24) is 0 Å². The first-order valence-electron chi connectivity index (χ1n) is 5.87. The van der Waals surface area contributed by atoms with E-state index in [0.717, 1.165) is 6.42 Å². The summed E-state index contributed by atoms with van der Waals surface area (Å²) in [6.45, 7) is 0.692. The lowest BCUT2D eigenvalue weighted by Gasteiger charge is -2.07. The molecule has 3 nitrogen and oxygen atoms in total. The van der Waals surface area contributed by atoms with Crippen molar-refractivity contribution < 1.29 is 17.2 Å². The fourth-order valence-electron chi connectivity index (χ4n) is 1.65. The van der Waals surface area contributed by atoms with Gasteiger partial charge in [0.25, 0.3) is 0 Å². The van der Waals surface area contributed by atoms with E-state index in [1.807, 2.05) is 11.4 Å². The maximum absolute atomic E-state index is 12.4. The van der Waals surface area contributed by atoms with Crippen molar-refractivity contribution in [3.63, 3.8) is 0 Å². The minimum atomic E-state index is -4.51. The quantitative estimate of drug-likeness (QED) is 0.888. The number of nitrogens with one attached hydrogen (secondary N) is 1. The van der Waals surface area contributed by atoms with Crippen LogP contribution in [0.5, 0.6) is 0 Å². The summed E-state index contributed by atoms with van der Waals surface area (Å²) >= 11 is 1.63. The molecule has 20 heavy (non-hydrogen) atoms. The molecule has 108 valence electrons. The summed E-state index contributed by atoms with van der Waals surface area (Å²) in [5.41, 5.74) is 1.92. The first-order chi connectivity index (χ1) is 9.50. The molecule has 7 heteroatoms. The van der Waals surface area contributed by atoms with E-state index >= 15 is 0 Å². The van der Waals surface area contributed by atoms with Crippen LogP contribution in [0.4, 0.5) is 14.5 Å². The molecule has 1 N–H and O–H groups in total. The van der Waals surface area contributed by atoms with Crippen molar-refractivity contribution in [3.05, 3.63) is 46.7 Å². The fourth-order valence-corrected chi connectivity index (χ4v) is 3.08. The standard InChI is InChI=1S/C13H13F2NO2S2/c14-13(15)20(17,18)12-3-1-11(2-4-12)16-7-5-10-6-8-19-9-10/h1-4,6,8-9,13,16H,5,7H2. The van der Waals surface area contributed by atoms with Gasteiger partial charge in [0.15, 0.2) is 0 Å². The summed E-state index contributed by atoms with van der Waals surface area (Å²) in [6.07, 6.45) is 0.848. The first-order valence-corrected chi connectivity index (χ1v) is 8.36. The number of thiophene rings is 1. The highest BCUT2D eigenvalue weighted by Crippen LogP contribution is 2.20. The largest absolute Gasteiger partial charge is 0.385 e. The third-order valence-corrected chi connectivity index (χ3v) is 4.87. The van der Waals surface area contributed by atoms with Crippen LogP contribution in [0, 0.1) is 0 Å². The highest BCUT2D eigenvalue weighted by atomic mass is 32.2. The molecule has 1 heterocycles. The summed E-state index contributed by atoms with van der Waals surface area (Å²) in [7, 11) is -4.51. The van der Waals surface area contributed by atoms with Gasteiger partial charge in [0, 0.05) is 12.2 Å². The zero-order valence-electron chi connectivity index (χ0n) is 10.4. The van der Waals surface area contributed by atoms with Gasteiger partial charge in [0.1, 0.15) is 0 Å². The van der Waals surface area contributed by atoms with Crippen LogP contribution >= 0.6 is 11.3 Å². The SMILES string of the molecule is O=S(=O)(c1ccc(NCCc2ccsc2)cc1)C(F)F. The Morgan fingerprint density at radius 3 is 2.40 bits per heavy atom. The van der Waals surface area contributed by atoms with Crippen LogP contribution in [0.25, 0.3) is 0 Å². The second-order valence-corrected chi connectivity index (χ2v) is 6.84. The number of benzene rings is 1. The Morgan fingerprint density at radius 1 is 1.15 bits per heavy atom. The van der Waals surface area contributed by atoms with Crippen molar-refractivity contribution in [2.75, 3.05) is 11.9 Å². The molecule has 0 atom stereocenters. The number of halogens is 2. The molecule has 1 aromatic carbocycles. The van der Waals surface area contributed by atoms with Crippen LogP contribution in [-0.2, 0) is 16.3 Å². The van der Waals surface area contributed by atoms with Gasteiger partial charge in [-0.25, -0.2) is 8.42 Å². The molecule has 2 aromatic rings. The summed E-state index contributed by atoms with van der Waals surface area (Å²) in [5.74, 6) is -3.39. The van der Waals surface area contributed by atoms with Gasteiger partial charge in [-0.3, -0.25) is 0 Å². The van der Waals surface area contributed by atoms with Gasteiger partial charge in [-0.05, 0) is 53.1 Å². The van der Waals surface area contributed by atoms with E-state index in [-0.39, 0.29) is 4.90 Å². The predicted molar refractivity (Wildman–Crippen MR) is 76.1 cm³/mol. The Hall–Kier alpha value is -1.47. The van der Waals surface area contributed by atoms with Crippen molar-refractivity contribution in [1.29, 1.82) is 0 Å². The lowest BCUT2D eigenvalue weighted by atomic mass is 10.2. The number of anilines is 1. The molecule has 0 spiro atoms. The topological polar surface area (TPSA) is 46.2 Å². The van der Waals surface area contributed by atoms with Crippen molar-refractivity contribution in [3.8, 4) is 0 Å². The van der Waals surface area contributed by atoms with Gasteiger partial charge in [0.05, 0.1) is 4.90 Å². The molecule has 0 aliphatic carbocycles. The zero-order valence-corrected chi connectivity index (χ0v) is 12.1. The summed E-state index contributed by atoms with van der Waals surface area (Å²) in [4.78, 5) is -0.365. The van der Waals surface area contributed by atoms with Crippen LogP contribution in [0.1, 0.15) is 5.56 Å². The van der Waals surface area contributed by atoms with Gasteiger partial charge in [-0.15, -0.1) is 0 Å². The highest BCUT2D eigenvalue weighted by Gasteiger charge is 2.26. The minimum Gasteiger partial charge on any atom is -0.385 e. The number of alkyl halides is 2. The van der Waals surface area contributed by atoms with E-state index in [0.29, 0.717) is 12.2 Å². The summed E-state index contributed by atoms with van der Waals surface area (Å²) < 4.78 is 47.2. The minimum absolute atomic E-state index is 0.365. The zero-order chi connectivity index (χ0) is 14.6. The Labute approximate surface area is 120 Å². The maximum Gasteiger partial charge on any atom is 0.341 e. The van der Waals surface area contributed by atoms with Gasteiger partial charge >= 0.3 is 5.76 Å². The summed E-state index contributed by atoms with van der Waals surface area (Å²) in [6, 6.07) is 7.39. The Morgan fingerprint density at radius 2 is 1.85 bits per heavy atom. The van der Waals surface area contributed by atoms with Crippen LogP contribution < -0.4 is 5.32 Å². The molecule has 0 aliphatic heterocycles. The number of hydrogen-bond donors (Lipinski definition) is 1. The monoisotopic (exact) mass is 317 g/mol. The van der Waals surface area contributed by atoms with Gasteiger partial charge in [-0.2, -0.15) is 20.1 Å². The second kappa shape index (κ2) is 6.32. The van der Waals surface area contributed by atoms with E-state index < -0.39 is 15.6 Å². The van der Waals surface area contributed by atoms with Crippen molar-refractivity contribution in [2.24, 2.45) is 0 Å². The van der Waals surface area contributed by atoms with E-state index in [1.165, 1.54) is 29.8 Å². The Balaban J connectivity index is 1.95. The molecular weight excluding hydrogens is 304 g/mol. The molecule has 0 radical (unpaired) electrons. The Bertz CT molecular complexity index is 638. The smallest absolute Gasteiger partial charge is 0.341 e. The van der Waals surface area contributed by atoms with Crippen LogP contribution in [0.3, 0.4) is 0 Å². The molecule has 1 aromatic heterocycles. The third-order valence-electron chi connectivity index (χ3n) is 2.74. The lowest BCUT2D eigenvalue weighted by Crippen LogP contribution is -2.11. The van der Waals surface area contributed by atoms with Crippen LogP contribution in [-0.4, -0.2) is 20.7 Å². The van der Waals surface area contributed by atoms with Crippen molar-refractivity contribution >= 4 is 26.9 Å². The first kappa shape index (κ1) is 14.9. The van der Waals surface area contributed by atoms with Gasteiger partial charge < -0.3 is 5.32 Å². The van der Waals surface area contributed by atoms with Gasteiger partial charge in [0.2, 0.25) is 9.84 Å². The predicted octanol–water partition coefficient (Wildman–Crippen LogP) is 3.40. The highest BCUT2D eigenvalue weighted by molar-refractivity contribution is 7.91. The molecule has 0 unspecified atom stereocenters. The number of sulfone groups is 1.